The number of benzene rings is 2. The summed E-state index contributed by atoms with van der Waals surface area (Å²) < 4.78 is 12.3. The lowest BCUT2D eigenvalue weighted by molar-refractivity contribution is 0.182. The second-order valence-electron chi connectivity index (χ2n) is 8.45. The molecule has 0 bridgehead atoms. The topological polar surface area (TPSA) is 43.2 Å². The van der Waals surface area contributed by atoms with Gasteiger partial charge in [0.2, 0.25) is 0 Å². The quantitative estimate of drug-likeness (QED) is 0.379. The maximum atomic E-state index is 6.14. The van der Waals surface area contributed by atoms with Gasteiger partial charge in [-0.25, -0.2) is 9.98 Å². The van der Waals surface area contributed by atoms with E-state index in [0.717, 1.165) is 48.9 Å². The molecule has 4 heteroatoms. The second kappa shape index (κ2) is 11.0. The van der Waals surface area contributed by atoms with Crippen LogP contribution in [0.15, 0.2) is 70.6 Å². The van der Waals surface area contributed by atoms with Gasteiger partial charge in [-0.15, -0.1) is 0 Å². The van der Waals surface area contributed by atoms with E-state index in [2.05, 4.69) is 27.7 Å². The van der Waals surface area contributed by atoms with Crippen molar-refractivity contribution in [2.45, 2.75) is 65.6 Å². The van der Waals surface area contributed by atoms with E-state index in [9.17, 15) is 0 Å². The highest BCUT2D eigenvalue weighted by molar-refractivity contribution is 5.84. The number of nitrogens with zero attached hydrogens (tertiary/aromatic N) is 2. The number of para-hydroxylation sites is 2. The average molecular weight is 407 g/mol. The predicted molar refractivity (Wildman–Crippen MR) is 125 cm³/mol. The van der Waals surface area contributed by atoms with Crippen molar-refractivity contribution in [3.63, 3.8) is 0 Å². The van der Waals surface area contributed by atoms with Crippen LogP contribution in [-0.2, 0) is 9.47 Å². The van der Waals surface area contributed by atoms with Crippen molar-refractivity contribution in [2.24, 2.45) is 21.8 Å². The molecule has 4 nitrogen and oxygen atoms in total. The smallest absolute Gasteiger partial charge is 0.191 e. The maximum absolute atomic E-state index is 6.14. The highest BCUT2D eigenvalue weighted by atomic mass is 16.5. The Morgan fingerprint density at radius 2 is 0.967 bits per heavy atom. The SMILES string of the molecule is CC(C)O/C(=N\c1ccccc1)C1CCC(/C(=N/c2ccccc2)OC(C)C)CC1. The Morgan fingerprint density at radius 3 is 1.27 bits per heavy atom. The third-order valence-electron chi connectivity index (χ3n) is 5.13. The molecule has 160 valence electrons. The molecule has 0 spiro atoms. The lowest BCUT2D eigenvalue weighted by Gasteiger charge is -2.31. The fourth-order valence-electron chi connectivity index (χ4n) is 3.76. The summed E-state index contributed by atoms with van der Waals surface area (Å²) in [5, 5.41) is 0. The summed E-state index contributed by atoms with van der Waals surface area (Å²) in [5.41, 5.74) is 1.90. The molecule has 1 aliphatic carbocycles. The van der Waals surface area contributed by atoms with Crippen LogP contribution in [-0.4, -0.2) is 24.0 Å². The van der Waals surface area contributed by atoms with E-state index < -0.39 is 0 Å². The number of aliphatic imine (C=N–C) groups is 2. The zero-order chi connectivity index (χ0) is 21.3. The van der Waals surface area contributed by atoms with Crippen molar-refractivity contribution in [1.29, 1.82) is 0 Å². The maximum Gasteiger partial charge on any atom is 0.191 e. The van der Waals surface area contributed by atoms with Crippen molar-refractivity contribution in [3.8, 4) is 0 Å². The van der Waals surface area contributed by atoms with Crippen molar-refractivity contribution < 1.29 is 9.47 Å². The molecule has 1 saturated carbocycles. The van der Waals surface area contributed by atoms with E-state index >= 15 is 0 Å². The molecule has 30 heavy (non-hydrogen) atoms. The van der Waals surface area contributed by atoms with E-state index in [-0.39, 0.29) is 12.2 Å². The molecule has 0 aromatic heterocycles. The molecule has 0 radical (unpaired) electrons. The highest BCUT2D eigenvalue weighted by Crippen LogP contribution is 2.33. The Bertz CT molecular complexity index is 749. The van der Waals surface area contributed by atoms with Gasteiger partial charge in [-0.1, -0.05) is 36.4 Å². The molecular weight excluding hydrogens is 372 g/mol. The Kier molecular flexibility index (Phi) is 8.06. The molecule has 1 aliphatic rings. The minimum absolute atomic E-state index is 0.115. The Morgan fingerprint density at radius 1 is 0.633 bits per heavy atom. The first kappa shape index (κ1) is 22.1. The van der Waals surface area contributed by atoms with Gasteiger partial charge in [-0.05, 0) is 77.6 Å². The van der Waals surface area contributed by atoms with E-state index in [0.29, 0.717) is 11.8 Å². The third kappa shape index (κ3) is 6.72. The molecule has 0 amide bonds. The van der Waals surface area contributed by atoms with E-state index in [1.54, 1.807) is 0 Å². The number of ether oxygens (including phenoxy) is 2. The number of hydrogen-bond acceptors (Lipinski definition) is 4. The monoisotopic (exact) mass is 406 g/mol. The Balaban J connectivity index is 1.73. The standard InChI is InChI=1S/C26H34N2O2/c1-19(2)29-25(27-23-11-7-5-8-12-23)21-15-17-22(18-16-21)26(30-20(3)4)28-24-13-9-6-10-14-24/h5-14,19-22H,15-18H2,1-4H3/b27-25-,28-26-. The molecule has 2 aromatic rings. The molecule has 0 unspecified atom stereocenters. The van der Waals surface area contributed by atoms with E-state index in [4.69, 9.17) is 19.5 Å². The first-order valence-corrected chi connectivity index (χ1v) is 11.1. The van der Waals surface area contributed by atoms with Gasteiger partial charge in [0.05, 0.1) is 23.6 Å². The molecule has 1 fully saturated rings. The van der Waals surface area contributed by atoms with Crippen LogP contribution in [0.25, 0.3) is 0 Å². The molecule has 2 aromatic carbocycles. The minimum atomic E-state index is 0.115. The van der Waals surface area contributed by atoms with E-state index in [1.165, 1.54) is 0 Å². The zero-order valence-electron chi connectivity index (χ0n) is 18.6. The van der Waals surface area contributed by atoms with E-state index in [1.807, 2.05) is 60.7 Å². The predicted octanol–water partition coefficient (Wildman–Crippen LogP) is 7.10. The third-order valence-corrected chi connectivity index (χ3v) is 5.13. The van der Waals surface area contributed by atoms with Crippen LogP contribution >= 0.6 is 0 Å². The average Bonchev–Trinajstić information content (AvgIpc) is 2.74. The van der Waals surface area contributed by atoms with Crippen LogP contribution in [0.4, 0.5) is 11.4 Å². The van der Waals surface area contributed by atoms with Gasteiger partial charge in [0.15, 0.2) is 11.8 Å². The van der Waals surface area contributed by atoms with Gasteiger partial charge in [0.1, 0.15) is 0 Å². The summed E-state index contributed by atoms with van der Waals surface area (Å²) in [6.45, 7) is 8.25. The van der Waals surface area contributed by atoms with Crippen molar-refractivity contribution in [2.75, 3.05) is 0 Å². The Labute approximate surface area is 181 Å². The minimum Gasteiger partial charge on any atom is -0.478 e. The molecule has 0 atom stereocenters. The fourth-order valence-corrected chi connectivity index (χ4v) is 3.76. The normalized spacial score (nSPS) is 20.5. The summed E-state index contributed by atoms with van der Waals surface area (Å²) in [6, 6.07) is 20.2. The van der Waals surface area contributed by atoms with Crippen LogP contribution in [0, 0.1) is 11.8 Å². The molecule has 3 rings (SSSR count). The van der Waals surface area contributed by atoms with Crippen LogP contribution in [0.2, 0.25) is 0 Å². The van der Waals surface area contributed by atoms with Crippen LogP contribution in [0.1, 0.15) is 53.4 Å². The number of hydrogen-bond donors (Lipinski definition) is 0. The Hall–Kier alpha value is -2.62. The summed E-state index contributed by atoms with van der Waals surface area (Å²) >= 11 is 0. The summed E-state index contributed by atoms with van der Waals surface area (Å²) in [7, 11) is 0. The van der Waals surface area contributed by atoms with Gasteiger partial charge in [-0.3, -0.25) is 0 Å². The molecule has 0 N–H and O–H groups in total. The highest BCUT2D eigenvalue weighted by Gasteiger charge is 2.30. The summed E-state index contributed by atoms with van der Waals surface area (Å²) in [6.07, 6.45) is 4.34. The summed E-state index contributed by atoms with van der Waals surface area (Å²) in [5.74, 6) is 2.39. The van der Waals surface area contributed by atoms with Crippen molar-refractivity contribution >= 4 is 23.2 Å². The van der Waals surface area contributed by atoms with Crippen LogP contribution < -0.4 is 0 Å². The van der Waals surface area contributed by atoms with Gasteiger partial charge in [0, 0.05) is 11.8 Å². The lowest BCUT2D eigenvalue weighted by atomic mass is 9.81. The van der Waals surface area contributed by atoms with Crippen molar-refractivity contribution in [1.82, 2.24) is 0 Å². The van der Waals surface area contributed by atoms with Gasteiger partial charge >= 0.3 is 0 Å². The first-order chi connectivity index (χ1) is 14.5. The number of rotatable bonds is 6. The van der Waals surface area contributed by atoms with Gasteiger partial charge in [0.25, 0.3) is 0 Å². The summed E-state index contributed by atoms with van der Waals surface area (Å²) in [4.78, 5) is 9.68. The second-order valence-corrected chi connectivity index (χ2v) is 8.45. The molecule has 0 aliphatic heterocycles. The van der Waals surface area contributed by atoms with Crippen molar-refractivity contribution in [3.05, 3.63) is 60.7 Å². The van der Waals surface area contributed by atoms with Gasteiger partial charge in [-0.2, -0.15) is 0 Å². The zero-order valence-corrected chi connectivity index (χ0v) is 18.6. The largest absolute Gasteiger partial charge is 0.478 e. The van der Waals surface area contributed by atoms with Crippen LogP contribution in [0.5, 0.6) is 0 Å². The first-order valence-electron chi connectivity index (χ1n) is 11.1. The molecular formula is C26H34N2O2. The fraction of sp³-hybridized carbons (Fsp3) is 0.462. The lowest BCUT2D eigenvalue weighted by Crippen LogP contribution is -2.30. The molecule has 0 heterocycles. The van der Waals surface area contributed by atoms with Gasteiger partial charge < -0.3 is 9.47 Å². The van der Waals surface area contributed by atoms with Crippen LogP contribution in [0.3, 0.4) is 0 Å². The molecule has 0 saturated heterocycles.